The summed E-state index contributed by atoms with van der Waals surface area (Å²) in [5, 5.41) is 10.6. The number of carbonyl (C=O) groups is 4. The normalized spacial score (nSPS) is 14.4. The Kier molecular flexibility index (Phi) is 72.3. The third-order valence-corrected chi connectivity index (χ3v) is 18.9. The van der Waals surface area contributed by atoms with Gasteiger partial charge in [-0.15, -0.1) is 0 Å². The maximum Gasteiger partial charge on any atom is 0.472 e. The molecule has 0 aromatic rings. The lowest BCUT2D eigenvalue weighted by Gasteiger charge is -2.21. The number of aliphatic hydroxyl groups excluding tert-OH is 1. The molecule has 0 aromatic carbocycles. The smallest absolute Gasteiger partial charge is 0.462 e. The van der Waals surface area contributed by atoms with Crippen LogP contribution in [0.4, 0.5) is 0 Å². The van der Waals surface area contributed by atoms with Crippen LogP contribution in [0.2, 0.25) is 0 Å². The summed E-state index contributed by atoms with van der Waals surface area (Å²) in [7, 11) is -9.97. The summed E-state index contributed by atoms with van der Waals surface area (Å²) in [4.78, 5) is 73.0. The first-order chi connectivity index (χ1) is 49.7. The number of phosphoric acid groups is 2. The van der Waals surface area contributed by atoms with Crippen LogP contribution < -0.4 is 0 Å². The second-order valence-electron chi connectivity index (χ2n) is 27.0. The molecule has 0 heterocycles. The average molecular weight is 1480 g/mol. The van der Waals surface area contributed by atoms with Crippen molar-refractivity contribution in [2.75, 3.05) is 39.6 Å². The number of ether oxygens (including phenoxy) is 4. The summed E-state index contributed by atoms with van der Waals surface area (Å²) in [6.45, 7) is 4.63. The summed E-state index contributed by atoms with van der Waals surface area (Å²) in [6.07, 6.45) is 79.5. The molecular formula is C83H146O17P2. The van der Waals surface area contributed by atoms with E-state index in [1.807, 2.05) is 0 Å². The van der Waals surface area contributed by atoms with Gasteiger partial charge in [-0.25, -0.2) is 9.13 Å². The topological polar surface area (TPSA) is 237 Å². The Hall–Kier alpha value is -4.02. The molecule has 5 unspecified atom stereocenters. The van der Waals surface area contributed by atoms with Crippen molar-refractivity contribution in [2.24, 2.45) is 0 Å². The Morgan fingerprint density at radius 2 is 0.510 bits per heavy atom. The molecule has 0 amide bonds. The molecule has 0 aliphatic heterocycles. The van der Waals surface area contributed by atoms with Crippen LogP contribution in [0.25, 0.3) is 0 Å². The maximum absolute atomic E-state index is 13.1. The summed E-state index contributed by atoms with van der Waals surface area (Å²) >= 11 is 0. The predicted molar refractivity (Wildman–Crippen MR) is 418 cm³/mol. The molecule has 0 saturated heterocycles. The number of aliphatic hydroxyl groups is 1. The van der Waals surface area contributed by atoms with E-state index in [2.05, 4.69) is 125 Å². The van der Waals surface area contributed by atoms with Gasteiger partial charge in [0.2, 0.25) is 0 Å². The van der Waals surface area contributed by atoms with Crippen LogP contribution in [-0.2, 0) is 65.4 Å². The zero-order valence-electron chi connectivity index (χ0n) is 64.5. The van der Waals surface area contributed by atoms with Gasteiger partial charge in [-0.2, -0.15) is 0 Å². The highest BCUT2D eigenvalue weighted by Gasteiger charge is 2.30. The molecule has 590 valence electrons. The van der Waals surface area contributed by atoms with Crippen molar-refractivity contribution < 1.29 is 80.2 Å². The first kappa shape index (κ1) is 98.0. The first-order valence-electron chi connectivity index (χ1n) is 40.5. The Bertz CT molecular complexity index is 2310. The SMILES string of the molecule is CC/C=C\C/C=C\C/C=C\C/C=C\CCCCC(=O)OCC(COP(=O)(O)OCC(O)COP(=O)(O)OCC(COC(=O)CCCCCCCCC/C=C\C/C=C\C/C=C\CC)OC(=O)CCCCCCC/C=C\CCCCCCCC)OC(=O)CCCCCCCCCCCCCCCCC. The van der Waals surface area contributed by atoms with Gasteiger partial charge in [-0.1, -0.05) is 298 Å². The number of hydrogen-bond donors (Lipinski definition) is 3. The van der Waals surface area contributed by atoms with Gasteiger partial charge in [-0.05, 0) is 122 Å². The fraction of sp³-hybridized carbons (Fsp3) is 0.759. The van der Waals surface area contributed by atoms with Gasteiger partial charge in [0.05, 0.1) is 26.4 Å². The molecule has 0 fully saturated rings. The molecule has 102 heavy (non-hydrogen) atoms. The highest BCUT2D eigenvalue weighted by Crippen LogP contribution is 2.45. The number of phosphoric ester groups is 2. The van der Waals surface area contributed by atoms with Crippen LogP contribution in [0.1, 0.15) is 349 Å². The lowest BCUT2D eigenvalue weighted by atomic mass is 10.0. The van der Waals surface area contributed by atoms with Crippen molar-refractivity contribution in [3.8, 4) is 0 Å². The van der Waals surface area contributed by atoms with E-state index < -0.39 is 97.5 Å². The quantitative estimate of drug-likeness (QED) is 0.0169. The third-order valence-electron chi connectivity index (χ3n) is 17.0. The molecule has 17 nitrogen and oxygen atoms in total. The van der Waals surface area contributed by atoms with Crippen LogP contribution in [0.15, 0.2) is 97.2 Å². The Morgan fingerprint density at radius 1 is 0.284 bits per heavy atom. The van der Waals surface area contributed by atoms with Crippen molar-refractivity contribution in [2.45, 2.75) is 367 Å². The molecule has 0 saturated carbocycles. The molecule has 19 heteroatoms. The van der Waals surface area contributed by atoms with Crippen molar-refractivity contribution in [1.82, 2.24) is 0 Å². The van der Waals surface area contributed by atoms with E-state index in [-0.39, 0.29) is 25.7 Å². The average Bonchev–Trinajstić information content (AvgIpc) is 0.926. The van der Waals surface area contributed by atoms with Crippen LogP contribution >= 0.6 is 15.6 Å². The van der Waals surface area contributed by atoms with E-state index in [0.29, 0.717) is 25.7 Å². The van der Waals surface area contributed by atoms with Gasteiger partial charge in [-0.3, -0.25) is 37.3 Å². The Morgan fingerprint density at radius 3 is 0.814 bits per heavy atom. The number of unbranched alkanes of at least 4 members (excludes halogenated alkanes) is 34. The molecule has 0 aliphatic rings. The number of rotatable bonds is 76. The van der Waals surface area contributed by atoms with Crippen LogP contribution in [0, 0.1) is 0 Å². The van der Waals surface area contributed by atoms with E-state index in [4.69, 9.17) is 37.0 Å². The van der Waals surface area contributed by atoms with Gasteiger partial charge >= 0.3 is 39.5 Å². The minimum Gasteiger partial charge on any atom is -0.462 e. The maximum atomic E-state index is 13.1. The van der Waals surface area contributed by atoms with Gasteiger partial charge in [0, 0.05) is 25.7 Å². The third kappa shape index (κ3) is 74.3. The van der Waals surface area contributed by atoms with E-state index in [9.17, 15) is 43.2 Å². The molecule has 3 N–H and O–H groups in total. The van der Waals surface area contributed by atoms with Gasteiger partial charge < -0.3 is 33.8 Å². The van der Waals surface area contributed by atoms with E-state index in [1.165, 1.54) is 103 Å². The summed E-state index contributed by atoms with van der Waals surface area (Å²) < 4.78 is 68.6. The first-order valence-corrected chi connectivity index (χ1v) is 43.5. The number of carbonyl (C=O) groups excluding carboxylic acids is 4. The Balaban J connectivity index is 5.38. The minimum atomic E-state index is -4.98. The van der Waals surface area contributed by atoms with Crippen molar-refractivity contribution >= 4 is 39.5 Å². The molecule has 0 spiro atoms. The van der Waals surface area contributed by atoms with Crippen molar-refractivity contribution in [3.63, 3.8) is 0 Å². The highest BCUT2D eigenvalue weighted by molar-refractivity contribution is 7.47. The fourth-order valence-corrected chi connectivity index (χ4v) is 12.5. The monoisotopic (exact) mass is 1480 g/mol. The summed E-state index contributed by atoms with van der Waals surface area (Å²) in [5.41, 5.74) is 0. The molecule has 0 aromatic heterocycles. The molecular weight excluding hydrogens is 1330 g/mol. The van der Waals surface area contributed by atoms with Gasteiger partial charge in [0.25, 0.3) is 0 Å². The Labute approximate surface area is 620 Å². The predicted octanol–water partition coefficient (Wildman–Crippen LogP) is 23.6. The van der Waals surface area contributed by atoms with Crippen molar-refractivity contribution in [1.29, 1.82) is 0 Å². The van der Waals surface area contributed by atoms with Gasteiger partial charge in [0.1, 0.15) is 19.3 Å². The van der Waals surface area contributed by atoms with Crippen LogP contribution in [0.5, 0.6) is 0 Å². The van der Waals surface area contributed by atoms with E-state index >= 15 is 0 Å². The molecule has 0 bridgehead atoms. The van der Waals surface area contributed by atoms with E-state index in [1.54, 1.807) is 0 Å². The zero-order valence-corrected chi connectivity index (χ0v) is 66.3. The second-order valence-corrected chi connectivity index (χ2v) is 29.9. The lowest BCUT2D eigenvalue weighted by molar-refractivity contribution is -0.161. The molecule has 0 radical (unpaired) electrons. The summed E-state index contributed by atoms with van der Waals surface area (Å²) in [5.74, 6) is -2.22. The standard InChI is InChI=1S/C83H146O17P2/c1-5-9-13-17-21-25-29-33-37-38-42-44-48-52-56-60-64-68-81(86)94-74-79(100-83(88)70-66-62-58-54-50-46-41-36-32-28-24-20-16-12-8-4)76-98-102(91,92)96-72-77(84)71-95-101(89,90)97-75-78(99-82(87)69-65-61-57-53-49-45-40-35-31-27-23-19-15-11-7-3)73-93-80(85)67-63-59-55-51-47-43-39-34-30-26-22-18-14-10-6-2/h9-10,13-14,21-22,25-26,33-34,36-37,39,41,47,51,77-79,84H,5-8,11-12,15-20,23-24,27-32,35,38,40,42-46,48-50,52-76H2,1-4H3,(H,89,90)(H,91,92)/b13-9-,14-10-,25-21-,26-22-,37-33-,39-34-,41-36-,51-47-. The largest absolute Gasteiger partial charge is 0.472 e. The highest BCUT2D eigenvalue weighted by atomic mass is 31.2. The molecule has 0 aliphatic carbocycles. The summed E-state index contributed by atoms with van der Waals surface area (Å²) in [6, 6.07) is 0. The van der Waals surface area contributed by atoms with Crippen LogP contribution in [0.3, 0.4) is 0 Å². The number of allylic oxidation sites excluding steroid dienone is 16. The number of hydrogen-bond acceptors (Lipinski definition) is 15. The number of esters is 4. The lowest BCUT2D eigenvalue weighted by Crippen LogP contribution is -2.30. The second kappa shape index (κ2) is 75.2. The van der Waals surface area contributed by atoms with Crippen molar-refractivity contribution in [3.05, 3.63) is 97.2 Å². The van der Waals surface area contributed by atoms with Gasteiger partial charge in [0.15, 0.2) is 12.2 Å². The molecule has 0 rings (SSSR count). The van der Waals surface area contributed by atoms with E-state index in [0.717, 1.165) is 167 Å². The van der Waals surface area contributed by atoms with Crippen LogP contribution in [-0.4, -0.2) is 96.7 Å². The zero-order chi connectivity index (χ0) is 74.6. The fourth-order valence-electron chi connectivity index (χ4n) is 10.9. The minimum absolute atomic E-state index is 0.0830. The molecule has 5 atom stereocenters.